The van der Waals surface area contributed by atoms with Crippen LogP contribution >= 0.6 is 0 Å². The molecule has 0 bridgehead atoms. The number of hydrogen-bond acceptors (Lipinski definition) is 1. The van der Waals surface area contributed by atoms with Gasteiger partial charge in [-0.05, 0) is 24.8 Å². The van der Waals surface area contributed by atoms with E-state index in [1.165, 1.54) is 0 Å². The first-order chi connectivity index (χ1) is 6.77. The molecule has 3 nitrogen and oxygen atoms in total. The Balaban J connectivity index is 1.94. The van der Waals surface area contributed by atoms with E-state index in [0.29, 0.717) is 11.8 Å². The molecule has 0 aromatic rings. The van der Waals surface area contributed by atoms with Crippen molar-refractivity contribution >= 4 is 6.03 Å². The standard InChI is InChI=1S/C11H14N2O/c12-11(14)13-7-6-10(8-13)9-4-2-1-3-5-9/h1-2,9-10H,4,6-8H2,(H2,12,14). The molecule has 1 heterocycles. The summed E-state index contributed by atoms with van der Waals surface area (Å²) in [6, 6.07) is -0.299. The van der Waals surface area contributed by atoms with Gasteiger partial charge < -0.3 is 10.6 Å². The smallest absolute Gasteiger partial charge is 0.314 e. The van der Waals surface area contributed by atoms with Gasteiger partial charge >= 0.3 is 6.03 Å². The zero-order valence-electron chi connectivity index (χ0n) is 8.07. The fourth-order valence-electron chi connectivity index (χ4n) is 2.11. The van der Waals surface area contributed by atoms with E-state index >= 15 is 0 Å². The Kier molecular flexibility index (Phi) is 2.45. The highest BCUT2D eigenvalue weighted by Crippen LogP contribution is 2.27. The molecule has 1 fully saturated rings. The van der Waals surface area contributed by atoms with Gasteiger partial charge in [-0.3, -0.25) is 0 Å². The lowest BCUT2D eigenvalue weighted by molar-refractivity contribution is 0.215. The quantitative estimate of drug-likeness (QED) is 0.615. The first-order valence-electron chi connectivity index (χ1n) is 4.98. The van der Waals surface area contributed by atoms with Crippen molar-refractivity contribution in [2.24, 2.45) is 17.6 Å². The summed E-state index contributed by atoms with van der Waals surface area (Å²) in [7, 11) is 0. The van der Waals surface area contributed by atoms with Crippen molar-refractivity contribution in [2.45, 2.75) is 12.8 Å². The Bertz CT molecular complexity index is 324. The van der Waals surface area contributed by atoms with Crippen molar-refractivity contribution in [3.63, 3.8) is 0 Å². The highest BCUT2D eigenvalue weighted by Gasteiger charge is 2.29. The van der Waals surface area contributed by atoms with E-state index in [4.69, 9.17) is 5.73 Å². The predicted molar refractivity (Wildman–Crippen MR) is 54.3 cm³/mol. The van der Waals surface area contributed by atoms with Gasteiger partial charge in [0.05, 0.1) is 0 Å². The topological polar surface area (TPSA) is 46.3 Å². The molecule has 1 aliphatic heterocycles. The van der Waals surface area contributed by atoms with Crippen LogP contribution in [-0.4, -0.2) is 24.0 Å². The Labute approximate surface area is 83.9 Å². The monoisotopic (exact) mass is 190 g/mol. The zero-order chi connectivity index (χ0) is 9.97. The molecule has 3 heteroatoms. The average Bonchev–Trinajstić information content (AvgIpc) is 2.68. The van der Waals surface area contributed by atoms with Crippen molar-refractivity contribution in [2.75, 3.05) is 13.1 Å². The van der Waals surface area contributed by atoms with E-state index in [1.54, 1.807) is 4.90 Å². The van der Waals surface area contributed by atoms with E-state index in [0.717, 1.165) is 25.9 Å². The number of nitrogens with two attached hydrogens (primary N) is 1. The number of likely N-dealkylation sites (tertiary alicyclic amines) is 1. The molecule has 2 atom stereocenters. The Morgan fingerprint density at radius 3 is 3.00 bits per heavy atom. The largest absolute Gasteiger partial charge is 0.351 e. The van der Waals surface area contributed by atoms with Crippen molar-refractivity contribution in [1.29, 1.82) is 0 Å². The number of hydrogen-bond donors (Lipinski definition) is 1. The Morgan fingerprint density at radius 2 is 2.43 bits per heavy atom. The van der Waals surface area contributed by atoms with Crippen LogP contribution in [0.1, 0.15) is 12.8 Å². The molecule has 2 amide bonds. The molecule has 0 spiro atoms. The van der Waals surface area contributed by atoms with Crippen molar-refractivity contribution in [1.82, 2.24) is 4.90 Å². The first-order valence-corrected chi connectivity index (χ1v) is 4.98. The second-order valence-corrected chi connectivity index (χ2v) is 3.87. The summed E-state index contributed by atoms with van der Waals surface area (Å²) in [5.41, 5.74) is 5.23. The molecule has 74 valence electrons. The predicted octanol–water partition coefficient (Wildman–Crippen LogP) is 0.967. The number of carbonyl (C=O) groups excluding carboxylic acids is 1. The third kappa shape index (κ3) is 1.74. The number of rotatable bonds is 1. The van der Waals surface area contributed by atoms with Crippen LogP contribution in [0.3, 0.4) is 0 Å². The van der Waals surface area contributed by atoms with Gasteiger partial charge in [0.2, 0.25) is 0 Å². The third-order valence-electron chi connectivity index (χ3n) is 2.97. The first kappa shape index (κ1) is 9.14. The molecule has 0 aromatic heterocycles. The van der Waals surface area contributed by atoms with Crippen LogP contribution in [0.25, 0.3) is 0 Å². The number of urea groups is 1. The highest BCUT2D eigenvalue weighted by atomic mass is 16.2. The lowest BCUT2D eigenvalue weighted by atomic mass is 9.88. The molecule has 0 saturated carbocycles. The normalized spacial score (nSPS) is 29.9. The molecule has 2 unspecified atom stereocenters. The minimum absolute atomic E-state index is 0.299. The number of allylic oxidation sites excluding steroid dienone is 2. The minimum atomic E-state index is -0.299. The molecule has 1 saturated heterocycles. The second-order valence-electron chi connectivity index (χ2n) is 3.87. The summed E-state index contributed by atoms with van der Waals surface area (Å²) in [5.74, 6) is 7.13. The fraction of sp³-hybridized carbons (Fsp3) is 0.545. The molecular weight excluding hydrogens is 176 g/mol. The van der Waals surface area contributed by atoms with Gasteiger partial charge in [0, 0.05) is 19.0 Å². The molecule has 1 aliphatic carbocycles. The molecule has 0 aromatic carbocycles. The number of nitrogens with zero attached hydrogens (tertiary/aromatic N) is 1. The zero-order valence-corrected chi connectivity index (χ0v) is 8.07. The summed E-state index contributed by atoms with van der Waals surface area (Å²) in [4.78, 5) is 12.6. The van der Waals surface area contributed by atoms with Gasteiger partial charge in [0.25, 0.3) is 0 Å². The van der Waals surface area contributed by atoms with Crippen LogP contribution in [0.2, 0.25) is 0 Å². The van der Waals surface area contributed by atoms with Gasteiger partial charge in [0.1, 0.15) is 0 Å². The van der Waals surface area contributed by atoms with E-state index in [2.05, 4.69) is 17.9 Å². The SMILES string of the molecule is NC(=O)N1CCC(C2C#CC=CC2)C1. The van der Waals surface area contributed by atoms with Gasteiger partial charge in [0.15, 0.2) is 0 Å². The second kappa shape index (κ2) is 3.75. The van der Waals surface area contributed by atoms with Gasteiger partial charge in [-0.2, -0.15) is 0 Å². The molecule has 2 rings (SSSR count). The third-order valence-corrected chi connectivity index (χ3v) is 2.97. The molecular formula is C11H14N2O. The number of carbonyl (C=O) groups is 1. The summed E-state index contributed by atoms with van der Waals surface area (Å²) in [6.45, 7) is 1.57. The van der Waals surface area contributed by atoms with Crippen LogP contribution < -0.4 is 5.73 Å². The lowest BCUT2D eigenvalue weighted by Crippen LogP contribution is -2.34. The average molecular weight is 190 g/mol. The number of amides is 2. The van der Waals surface area contributed by atoms with Crippen LogP contribution in [-0.2, 0) is 0 Å². The van der Waals surface area contributed by atoms with E-state index in [9.17, 15) is 4.79 Å². The van der Waals surface area contributed by atoms with Gasteiger partial charge in [-0.1, -0.05) is 17.9 Å². The summed E-state index contributed by atoms with van der Waals surface area (Å²) in [5, 5.41) is 0. The lowest BCUT2D eigenvalue weighted by Gasteiger charge is -2.18. The maximum Gasteiger partial charge on any atom is 0.314 e. The van der Waals surface area contributed by atoms with Crippen LogP contribution in [0.15, 0.2) is 12.2 Å². The van der Waals surface area contributed by atoms with Crippen molar-refractivity contribution in [3.05, 3.63) is 12.2 Å². The summed E-state index contributed by atoms with van der Waals surface area (Å²) in [6.07, 6.45) is 6.06. The van der Waals surface area contributed by atoms with Crippen LogP contribution in [0.5, 0.6) is 0 Å². The van der Waals surface area contributed by atoms with Crippen molar-refractivity contribution < 1.29 is 4.79 Å². The summed E-state index contributed by atoms with van der Waals surface area (Å²) >= 11 is 0. The molecule has 14 heavy (non-hydrogen) atoms. The maximum absolute atomic E-state index is 10.9. The fourth-order valence-corrected chi connectivity index (χ4v) is 2.11. The van der Waals surface area contributed by atoms with Gasteiger partial charge in [-0.25, -0.2) is 4.79 Å². The number of primary amides is 1. The van der Waals surface area contributed by atoms with Crippen LogP contribution in [0, 0.1) is 23.7 Å². The highest BCUT2D eigenvalue weighted by molar-refractivity contribution is 5.72. The Morgan fingerprint density at radius 1 is 1.57 bits per heavy atom. The maximum atomic E-state index is 10.9. The van der Waals surface area contributed by atoms with Crippen LogP contribution in [0.4, 0.5) is 4.79 Å². The Hall–Kier alpha value is -1.43. The van der Waals surface area contributed by atoms with Crippen molar-refractivity contribution in [3.8, 4) is 11.8 Å². The summed E-state index contributed by atoms with van der Waals surface area (Å²) < 4.78 is 0. The molecule has 0 radical (unpaired) electrons. The minimum Gasteiger partial charge on any atom is -0.351 e. The van der Waals surface area contributed by atoms with E-state index < -0.39 is 0 Å². The molecule has 2 N–H and O–H groups in total. The molecule has 2 aliphatic rings. The van der Waals surface area contributed by atoms with E-state index in [1.807, 2.05) is 6.08 Å². The van der Waals surface area contributed by atoms with E-state index in [-0.39, 0.29) is 6.03 Å². The van der Waals surface area contributed by atoms with Gasteiger partial charge in [-0.15, -0.1) is 0 Å².